The van der Waals surface area contributed by atoms with E-state index in [0.717, 1.165) is 45.7 Å². The molecule has 20 heavy (non-hydrogen) atoms. The summed E-state index contributed by atoms with van der Waals surface area (Å²) < 4.78 is 5.68. The van der Waals surface area contributed by atoms with Gasteiger partial charge in [0.2, 0.25) is 5.91 Å². The van der Waals surface area contributed by atoms with Gasteiger partial charge in [-0.25, -0.2) is 0 Å². The van der Waals surface area contributed by atoms with E-state index in [1.807, 2.05) is 0 Å². The molecule has 3 heterocycles. The van der Waals surface area contributed by atoms with E-state index in [1.54, 1.807) is 0 Å². The summed E-state index contributed by atoms with van der Waals surface area (Å²) in [4.78, 5) is 16.6. The molecule has 1 amide bonds. The molecule has 3 saturated heterocycles. The normalized spacial score (nSPS) is 36.5. The molecule has 3 aliphatic rings. The first-order valence-corrected chi connectivity index (χ1v) is 8.11. The Morgan fingerprint density at radius 3 is 2.90 bits per heavy atom. The second kappa shape index (κ2) is 6.41. The van der Waals surface area contributed by atoms with E-state index in [2.05, 4.69) is 9.80 Å². The quantitative estimate of drug-likeness (QED) is 0.815. The first-order valence-electron chi connectivity index (χ1n) is 8.11. The number of rotatable bonds is 3. The van der Waals surface area contributed by atoms with Crippen LogP contribution >= 0.6 is 0 Å². The van der Waals surface area contributed by atoms with Crippen LogP contribution in [0.3, 0.4) is 0 Å². The molecule has 0 bridgehead atoms. The minimum absolute atomic E-state index is 0.0383. The van der Waals surface area contributed by atoms with Crippen molar-refractivity contribution >= 4 is 5.91 Å². The summed E-state index contributed by atoms with van der Waals surface area (Å²) in [5.74, 6) is 0.487. The van der Waals surface area contributed by atoms with E-state index in [1.165, 1.54) is 25.8 Å². The lowest BCUT2D eigenvalue weighted by atomic mass is 9.87. The molecule has 0 radical (unpaired) electrons. The monoisotopic (exact) mass is 281 g/mol. The summed E-state index contributed by atoms with van der Waals surface area (Å²) in [7, 11) is 0. The van der Waals surface area contributed by atoms with Crippen LogP contribution in [0.4, 0.5) is 0 Å². The Labute approximate surface area is 121 Å². The molecule has 3 rings (SSSR count). The number of carbonyl (C=O) groups is 1. The van der Waals surface area contributed by atoms with Crippen molar-refractivity contribution in [2.75, 3.05) is 39.4 Å². The molecule has 5 heteroatoms. The van der Waals surface area contributed by atoms with Crippen molar-refractivity contribution in [3.8, 4) is 0 Å². The smallest absolute Gasteiger partial charge is 0.234 e. The van der Waals surface area contributed by atoms with Crippen LogP contribution in [0.2, 0.25) is 0 Å². The number of hydrogen-bond donors (Lipinski definition) is 1. The molecule has 114 valence electrons. The van der Waals surface area contributed by atoms with Crippen LogP contribution in [-0.4, -0.2) is 67.2 Å². The molecular weight excluding hydrogens is 254 g/mol. The third-order valence-corrected chi connectivity index (χ3v) is 5.26. The van der Waals surface area contributed by atoms with Crippen molar-refractivity contribution in [1.82, 2.24) is 9.80 Å². The summed E-state index contributed by atoms with van der Waals surface area (Å²) in [6.07, 6.45) is 5.80. The molecule has 5 nitrogen and oxygen atoms in total. The summed E-state index contributed by atoms with van der Waals surface area (Å²) in [6, 6.07) is 0.511. The SMILES string of the molecule is NC(=O)C1CCCCN1C[C@@H]1CCCN2CCOC[C@H]12. The lowest BCUT2D eigenvalue weighted by Crippen LogP contribution is -2.57. The molecule has 0 aromatic heterocycles. The average molecular weight is 281 g/mol. The summed E-state index contributed by atoms with van der Waals surface area (Å²) in [6.45, 7) is 6.05. The number of nitrogens with two attached hydrogens (primary N) is 1. The number of piperidine rings is 2. The maximum Gasteiger partial charge on any atom is 0.234 e. The van der Waals surface area contributed by atoms with Crippen LogP contribution in [0.15, 0.2) is 0 Å². The van der Waals surface area contributed by atoms with E-state index in [-0.39, 0.29) is 11.9 Å². The summed E-state index contributed by atoms with van der Waals surface area (Å²) >= 11 is 0. The van der Waals surface area contributed by atoms with Gasteiger partial charge >= 0.3 is 0 Å². The Morgan fingerprint density at radius 2 is 2.05 bits per heavy atom. The van der Waals surface area contributed by atoms with Gasteiger partial charge in [-0.1, -0.05) is 6.42 Å². The van der Waals surface area contributed by atoms with E-state index < -0.39 is 0 Å². The number of primary amides is 1. The maximum absolute atomic E-state index is 11.6. The second-order valence-electron chi connectivity index (χ2n) is 6.49. The predicted molar refractivity (Wildman–Crippen MR) is 77.3 cm³/mol. The van der Waals surface area contributed by atoms with Gasteiger partial charge in [-0.15, -0.1) is 0 Å². The van der Waals surface area contributed by atoms with Crippen LogP contribution in [0.5, 0.6) is 0 Å². The van der Waals surface area contributed by atoms with E-state index in [4.69, 9.17) is 10.5 Å². The number of ether oxygens (including phenoxy) is 1. The van der Waals surface area contributed by atoms with Gasteiger partial charge in [-0.3, -0.25) is 14.6 Å². The van der Waals surface area contributed by atoms with Crippen molar-refractivity contribution < 1.29 is 9.53 Å². The standard InChI is InChI=1S/C15H27N3O2/c16-15(19)13-5-1-2-6-18(13)10-12-4-3-7-17-8-9-20-11-14(12)17/h12-14H,1-11H2,(H2,16,19)/t12-,13?,14+/m0/s1. The molecule has 0 aromatic carbocycles. The van der Waals surface area contributed by atoms with E-state index in [0.29, 0.717) is 12.0 Å². The number of carbonyl (C=O) groups excluding carboxylic acids is 1. The molecule has 0 aromatic rings. The Kier molecular flexibility index (Phi) is 4.58. The maximum atomic E-state index is 11.6. The van der Waals surface area contributed by atoms with Crippen molar-refractivity contribution in [1.29, 1.82) is 0 Å². The average Bonchev–Trinajstić information content (AvgIpc) is 2.48. The number of hydrogen-bond acceptors (Lipinski definition) is 4. The molecule has 0 saturated carbocycles. The highest BCUT2D eigenvalue weighted by Gasteiger charge is 2.37. The molecule has 0 spiro atoms. The zero-order chi connectivity index (χ0) is 13.9. The van der Waals surface area contributed by atoms with E-state index in [9.17, 15) is 4.79 Å². The lowest BCUT2D eigenvalue weighted by molar-refractivity contribution is -0.125. The van der Waals surface area contributed by atoms with Crippen molar-refractivity contribution in [3.63, 3.8) is 0 Å². The van der Waals surface area contributed by atoms with Gasteiger partial charge in [0.05, 0.1) is 19.3 Å². The number of likely N-dealkylation sites (tertiary alicyclic amines) is 1. The van der Waals surface area contributed by atoms with Crippen LogP contribution in [0.25, 0.3) is 0 Å². The number of nitrogens with zero attached hydrogens (tertiary/aromatic N) is 2. The molecule has 3 fully saturated rings. The number of fused-ring (bicyclic) bond motifs is 1. The largest absolute Gasteiger partial charge is 0.378 e. The van der Waals surface area contributed by atoms with Crippen molar-refractivity contribution in [2.24, 2.45) is 11.7 Å². The van der Waals surface area contributed by atoms with Gasteiger partial charge in [0.25, 0.3) is 0 Å². The number of morpholine rings is 1. The predicted octanol–water partition coefficient (Wildman–Crippen LogP) is 0.437. The fourth-order valence-corrected chi connectivity index (χ4v) is 4.16. The zero-order valence-electron chi connectivity index (χ0n) is 12.3. The minimum Gasteiger partial charge on any atom is -0.378 e. The first kappa shape index (κ1) is 14.3. The molecule has 3 atom stereocenters. The highest BCUT2D eigenvalue weighted by atomic mass is 16.5. The topological polar surface area (TPSA) is 58.8 Å². The van der Waals surface area contributed by atoms with Crippen molar-refractivity contribution in [2.45, 2.75) is 44.2 Å². The van der Waals surface area contributed by atoms with Crippen LogP contribution in [0, 0.1) is 5.92 Å². The van der Waals surface area contributed by atoms with Gasteiger partial charge < -0.3 is 10.5 Å². The van der Waals surface area contributed by atoms with Crippen LogP contribution in [0.1, 0.15) is 32.1 Å². The first-order chi connectivity index (χ1) is 9.75. The Hall–Kier alpha value is -0.650. The van der Waals surface area contributed by atoms with E-state index >= 15 is 0 Å². The number of amides is 1. The molecule has 1 unspecified atom stereocenters. The van der Waals surface area contributed by atoms with Gasteiger partial charge in [-0.2, -0.15) is 0 Å². The highest BCUT2D eigenvalue weighted by Crippen LogP contribution is 2.28. The third kappa shape index (κ3) is 3.00. The Bertz CT molecular complexity index is 348. The summed E-state index contributed by atoms with van der Waals surface area (Å²) in [5.41, 5.74) is 5.58. The Balaban J connectivity index is 1.64. The second-order valence-corrected chi connectivity index (χ2v) is 6.49. The van der Waals surface area contributed by atoms with Crippen LogP contribution in [-0.2, 0) is 9.53 Å². The fourth-order valence-electron chi connectivity index (χ4n) is 4.16. The Morgan fingerprint density at radius 1 is 1.15 bits per heavy atom. The molecular formula is C15H27N3O2. The van der Waals surface area contributed by atoms with Gasteiger partial charge in [0.15, 0.2) is 0 Å². The van der Waals surface area contributed by atoms with Crippen molar-refractivity contribution in [3.05, 3.63) is 0 Å². The van der Waals surface area contributed by atoms with Gasteiger partial charge in [-0.05, 0) is 44.7 Å². The molecule has 3 aliphatic heterocycles. The van der Waals surface area contributed by atoms with Gasteiger partial charge in [0.1, 0.15) is 0 Å². The summed E-state index contributed by atoms with van der Waals surface area (Å²) in [5, 5.41) is 0. The molecule has 0 aliphatic carbocycles. The zero-order valence-corrected chi connectivity index (χ0v) is 12.3. The highest BCUT2D eigenvalue weighted by molar-refractivity contribution is 5.79. The van der Waals surface area contributed by atoms with Gasteiger partial charge in [0, 0.05) is 19.1 Å². The fraction of sp³-hybridized carbons (Fsp3) is 0.933. The molecule has 2 N–H and O–H groups in total. The van der Waals surface area contributed by atoms with Crippen LogP contribution < -0.4 is 5.73 Å². The lowest BCUT2D eigenvalue weighted by Gasteiger charge is -2.46. The third-order valence-electron chi connectivity index (χ3n) is 5.26. The minimum atomic E-state index is -0.141.